The molecule has 3 nitrogen and oxygen atoms in total. The average molecular weight is 275 g/mol. The minimum absolute atomic E-state index is 0.545. The molecule has 2 heterocycles. The molecule has 0 aliphatic heterocycles. The van der Waals surface area contributed by atoms with E-state index >= 15 is 0 Å². The van der Waals surface area contributed by atoms with Gasteiger partial charge < -0.3 is 9.88 Å². The second-order valence-electron chi connectivity index (χ2n) is 5.35. The second-order valence-corrected chi connectivity index (χ2v) is 6.41. The zero-order chi connectivity index (χ0) is 13.2. The van der Waals surface area contributed by atoms with Crippen LogP contribution in [0.25, 0.3) is 0 Å². The highest BCUT2D eigenvalue weighted by molar-refractivity contribution is 7.09. The predicted octanol–water partition coefficient (Wildman–Crippen LogP) is 3.36. The SMILES string of the molecule is CCNC(c1ccn(Cc2csc(C)n2)c1)C1CC1. The van der Waals surface area contributed by atoms with Crippen LogP contribution in [-0.2, 0) is 6.54 Å². The van der Waals surface area contributed by atoms with Crippen LogP contribution in [0.15, 0.2) is 23.8 Å². The van der Waals surface area contributed by atoms with Gasteiger partial charge in [0.15, 0.2) is 0 Å². The van der Waals surface area contributed by atoms with E-state index in [0.29, 0.717) is 6.04 Å². The van der Waals surface area contributed by atoms with Crippen molar-refractivity contribution in [1.29, 1.82) is 0 Å². The van der Waals surface area contributed by atoms with Crippen molar-refractivity contribution in [3.63, 3.8) is 0 Å². The molecule has 1 aliphatic rings. The van der Waals surface area contributed by atoms with Gasteiger partial charge in [-0.1, -0.05) is 6.92 Å². The zero-order valence-electron chi connectivity index (χ0n) is 11.6. The van der Waals surface area contributed by atoms with Gasteiger partial charge in [-0.15, -0.1) is 11.3 Å². The molecule has 2 aromatic rings. The lowest BCUT2D eigenvalue weighted by Crippen LogP contribution is -2.22. The molecule has 1 fully saturated rings. The van der Waals surface area contributed by atoms with E-state index in [1.807, 2.05) is 0 Å². The van der Waals surface area contributed by atoms with E-state index in [9.17, 15) is 0 Å². The molecule has 0 aromatic carbocycles. The maximum Gasteiger partial charge on any atom is 0.0898 e. The summed E-state index contributed by atoms with van der Waals surface area (Å²) in [5, 5.41) is 6.91. The van der Waals surface area contributed by atoms with Gasteiger partial charge in [-0.05, 0) is 43.9 Å². The van der Waals surface area contributed by atoms with E-state index in [2.05, 4.69) is 52.6 Å². The van der Waals surface area contributed by atoms with Crippen molar-refractivity contribution in [3.05, 3.63) is 40.1 Å². The van der Waals surface area contributed by atoms with Crippen molar-refractivity contribution in [2.75, 3.05) is 6.54 Å². The molecule has 0 amide bonds. The van der Waals surface area contributed by atoms with Crippen LogP contribution in [0.1, 0.15) is 42.1 Å². The van der Waals surface area contributed by atoms with Crippen LogP contribution in [0, 0.1) is 12.8 Å². The van der Waals surface area contributed by atoms with Crippen LogP contribution in [-0.4, -0.2) is 16.1 Å². The minimum atomic E-state index is 0.545. The fraction of sp³-hybridized carbons (Fsp3) is 0.533. The standard InChI is InChI=1S/C15H21N3S/c1-3-16-15(12-4-5-12)13-6-7-18(8-13)9-14-10-19-11(2)17-14/h6-8,10,12,15-16H,3-5,9H2,1-2H3. The van der Waals surface area contributed by atoms with E-state index in [-0.39, 0.29) is 0 Å². The fourth-order valence-corrected chi connectivity index (χ4v) is 3.22. The molecule has 4 heteroatoms. The topological polar surface area (TPSA) is 29.9 Å². The minimum Gasteiger partial charge on any atom is -0.348 e. The van der Waals surface area contributed by atoms with Crippen molar-refractivity contribution in [2.45, 2.75) is 39.3 Å². The molecule has 1 saturated carbocycles. The average Bonchev–Trinajstić information content (AvgIpc) is 3.00. The van der Waals surface area contributed by atoms with Gasteiger partial charge in [-0.3, -0.25) is 0 Å². The molecule has 0 spiro atoms. The first-order chi connectivity index (χ1) is 9.26. The van der Waals surface area contributed by atoms with Gasteiger partial charge in [-0.25, -0.2) is 4.98 Å². The van der Waals surface area contributed by atoms with Gasteiger partial charge >= 0.3 is 0 Å². The Hall–Kier alpha value is -1.13. The Morgan fingerprint density at radius 2 is 2.37 bits per heavy atom. The number of rotatable bonds is 6. The third kappa shape index (κ3) is 3.07. The molecular formula is C15H21N3S. The summed E-state index contributed by atoms with van der Waals surface area (Å²) >= 11 is 1.72. The Morgan fingerprint density at radius 3 is 3.00 bits per heavy atom. The number of nitrogens with one attached hydrogen (secondary N) is 1. The first-order valence-corrected chi connectivity index (χ1v) is 7.94. The van der Waals surface area contributed by atoms with Gasteiger partial charge in [0.25, 0.3) is 0 Å². The van der Waals surface area contributed by atoms with Gasteiger partial charge in [0, 0.05) is 23.8 Å². The lowest BCUT2D eigenvalue weighted by atomic mass is 10.1. The first kappa shape index (κ1) is 12.9. The first-order valence-electron chi connectivity index (χ1n) is 7.06. The van der Waals surface area contributed by atoms with Crippen molar-refractivity contribution in [2.24, 2.45) is 5.92 Å². The molecular weight excluding hydrogens is 254 g/mol. The van der Waals surface area contributed by atoms with Crippen LogP contribution in [0.3, 0.4) is 0 Å². The monoisotopic (exact) mass is 275 g/mol. The maximum atomic E-state index is 4.53. The zero-order valence-corrected chi connectivity index (χ0v) is 12.4. The molecule has 0 saturated heterocycles. The summed E-state index contributed by atoms with van der Waals surface area (Å²) in [6.07, 6.45) is 7.19. The number of nitrogens with zero attached hydrogens (tertiary/aromatic N) is 2. The summed E-state index contributed by atoms with van der Waals surface area (Å²) in [5.41, 5.74) is 2.59. The van der Waals surface area contributed by atoms with Crippen molar-refractivity contribution >= 4 is 11.3 Å². The normalized spacial score (nSPS) is 16.7. The summed E-state index contributed by atoms with van der Waals surface area (Å²) in [6.45, 7) is 6.17. The molecule has 3 rings (SSSR count). The van der Waals surface area contributed by atoms with E-state index < -0.39 is 0 Å². The molecule has 2 aromatic heterocycles. The Balaban J connectivity index is 1.71. The molecule has 102 valence electrons. The van der Waals surface area contributed by atoms with E-state index in [1.165, 1.54) is 18.4 Å². The van der Waals surface area contributed by atoms with Gasteiger partial charge in [-0.2, -0.15) is 0 Å². The highest BCUT2D eigenvalue weighted by Crippen LogP contribution is 2.41. The number of thiazole rings is 1. The van der Waals surface area contributed by atoms with Crippen molar-refractivity contribution in [3.8, 4) is 0 Å². The number of hydrogen-bond donors (Lipinski definition) is 1. The summed E-state index contributed by atoms with van der Waals surface area (Å²) in [7, 11) is 0. The van der Waals surface area contributed by atoms with Gasteiger partial charge in [0.1, 0.15) is 0 Å². The molecule has 0 radical (unpaired) electrons. The van der Waals surface area contributed by atoms with Gasteiger partial charge in [0.05, 0.1) is 17.2 Å². The summed E-state index contributed by atoms with van der Waals surface area (Å²) < 4.78 is 2.25. The van der Waals surface area contributed by atoms with Crippen LogP contribution in [0.4, 0.5) is 0 Å². The van der Waals surface area contributed by atoms with Gasteiger partial charge in [0.2, 0.25) is 0 Å². The quantitative estimate of drug-likeness (QED) is 0.876. The number of aromatic nitrogens is 2. The lowest BCUT2D eigenvalue weighted by molar-refractivity contribution is 0.495. The molecule has 0 bridgehead atoms. The van der Waals surface area contributed by atoms with Crippen molar-refractivity contribution in [1.82, 2.24) is 14.9 Å². The predicted molar refractivity (Wildman–Crippen MR) is 79.5 cm³/mol. The Kier molecular flexibility index (Phi) is 3.71. The molecule has 1 N–H and O–H groups in total. The highest BCUT2D eigenvalue weighted by Gasteiger charge is 2.31. The Labute approximate surface area is 118 Å². The second kappa shape index (κ2) is 5.47. The summed E-state index contributed by atoms with van der Waals surface area (Å²) in [6, 6.07) is 2.80. The molecule has 1 aliphatic carbocycles. The van der Waals surface area contributed by atoms with E-state index in [1.54, 1.807) is 11.3 Å². The van der Waals surface area contributed by atoms with Crippen molar-refractivity contribution < 1.29 is 0 Å². The van der Waals surface area contributed by atoms with Crippen LogP contribution in [0.2, 0.25) is 0 Å². The smallest absolute Gasteiger partial charge is 0.0898 e. The molecule has 19 heavy (non-hydrogen) atoms. The van der Waals surface area contributed by atoms with E-state index in [4.69, 9.17) is 0 Å². The highest BCUT2D eigenvalue weighted by atomic mass is 32.1. The third-order valence-electron chi connectivity index (χ3n) is 3.66. The molecule has 1 unspecified atom stereocenters. The van der Waals surface area contributed by atoms with Crippen LogP contribution < -0.4 is 5.32 Å². The number of aryl methyl sites for hydroxylation is 1. The third-order valence-corrected chi connectivity index (χ3v) is 4.48. The fourth-order valence-electron chi connectivity index (χ4n) is 2.62. The maximum absolute atomic E-state index is 4.53. The largest absolute Gasteiger partial charge is 0.348 e. The van der Waals surface area contributed by atoms with Crippen LogP contribution in [0.5, 0.6) is 0 Å². The van der Waals surface area contributed by atoms with Crippen LogP contribution >= 0.6 is 11.3 Å². The van der Waals surface area contributed by atoms with E-state index in [0.717, 1.165) is 29.7 Å². The Morgan fingerprint density at radius 1 is 1.53 bits per heavy atom. The summed E-state index contributed by atoms with van der Waals surface area (Å²) in [4.78, 5) is 4.53. The molecule has 1 atom stereocenters. The number of hydrogen-bond acceptors (Lipinski definition) is 3. The Bertz CT molecular complexity index is 539. The lowest BCUT2D eigenvalue weighted by Gasteiger charge is -2.15. The summed E-state index contributed by atoms with van der Waals surface area (Å²) in [5.74, 6) is 0.845.